The number of para-hydroxylation sites is 1. The molecule has 0 spiro atoms. The van der Waals surface area contributed by atoms with Crippen LogP contribution in [-0.4, -0.2) is 24.7 Å². The number of rotatable bonds is 7. The van der Waals surface area contributed by atoms with Crippen LogP contribution in [0.5, 0.6) is 11.5 Å². The molecule has 7 nitrogen and oxygen atoms in total. The molecule has 0 fully saturated rings. The summed E-state index contributed by atoms with van der Waals surface area (Å²) in [6, 6.07) is 19.1. The van der Waals surface area contributed by atoms with E-state index in [9.17, 15) is 9.59 Å². The van der Waals surface area contributed by atoms with Gasteiger partial charge in [-0.2, -0.15) is 10.4 Å². The van der Waals surface area contributed by atoms with Crippen molar-refractivity contribution in [3.05, 3.63) is 91.9 Å². The molecule has 0 radical (unpaired) electrons. The molecule has 3 aromatic carbocycles. The summed E-state index contributed by atoms with van der Waals surface area (Å²) in [5, 5.41) is 13.0. The summed E-state index contributed by atoms with van der Waals surface area (Å²) in [5.41, 5.74) is 4.47. The Labute approximate surface area is 207 Å². The molecule has 0 saturated heterocycles. The molecule has 1 amide bonds. The van der Waals surface area contributed by atoms with E-state index in [1.165, 1.54) is 6.21 Å². The van der Waals surface area contributed by atoms with Gasteiger partial charge in [0.2, 0.25) is 0 Å². The van der Waals surface area contributed by atoms with Gasteiger partial charge < -0.3 is 9.47 Å². The Morgan fingerprint density at radius 1 is 1.12 bits per heavy atom. The Morgan fingerprint density at radius 2 is 1.91 bits per heavy atom. The van der Waals surface area contributed by atoms with Gasteiger partial charge in [0.05, 0.1) is 21.8 Å². The lowest BCUT2D eigenvalue weighted by Crippen LogP contribution is -2.24. The van der Waals surface area contributed by atoms with Gasteiger partial charge in [0.15, 0.2) is 12.4 Å². The molecule has 0 heterocycles. The number of carbonyl (C=O) groups excluding carboxylic acids is 2. The van der Waals surface area contributed by atoms with Crippen molar-refractivity contribution >= 4 is 50.0 Å². The van der Waals surface area contributed by atoms with Gasteiger partial charge in [-0.3, -0.25) is 4.79 Å². The maximum Gasteiger partial charge on any atom is 0.343 e. The van der Waals surface area contributed by atoms with Crippen LogP contribution >= 0.6 is 31.9 Å². The maximum atomic E-state index is 12.6. The predicted molar refractivity (Wildman–Crippen MR) is 130 cm³/mol. The van der Waals surface area contributed by atoms with Crippen LogP contribution in [0.1, 0.15) is 27.0 Å². The number of esters is 1. The molecular weight excluding hydrogens is 554 g/mol. The predicted octanol–water partition coefficient (Wildman–Crippen LogP) is 5.14. The lowest BCUT2D eigenvalue weighted by molar-refractivity contribution is -0.123. The molecule has 3 rings (SSSR count). The van der Waals surface area contributed by atoms with Crippen molar-refractivity contribution < 1.29 is 19.1 Å². The standard InChI is InChI=1S/C24H17Br2N3O4/c1-15-5-4-7-16(9-15)24(31)33-23-18(10-19(25)11-20(23)26)13-28-29-22(30)14-32-21-8-3-2-6-17(21)12-27/h2-11,13H,14H2,1H3,(H,29,30)/b28-13-. The average Bonchev–Trinajstić information content (AvgIpc) is 2.79. The molecule has 0 unspecified atom stereocenters. The minimum atomic E-state index is -0.523. The van der Waals surface area contributed by atoms with E-state index in [1.54, 1.807) is 54.6 Å². The van der Waals surface area contributed by atoms with Crippen LogP contribution in [0.15, 0.2) is 74.7 Å². The fraction of sp³-hybridized carbons (Fsp3) is 0.0833. The summed E-state index contributed by atoms with van der Waals surface area (Å²) >= 11 is 6.78. The first-order valence-electron chi connectivity index (χ1n) is 9.59. The molecule has 33 heavy (non-hydrogen) atoms. The van der Waals surface area contributed by atoms with Crippen molar-refractivity contribution in [3.63, 3.8) is 0 Å². The summed E-state index contributed by atoms with van der Waals surface area (Å²) in [5.74, 6) is -0.487. The van der Waals surface area contributed by atoms with Gasteiger partial charge in [-0.25, -0.2) is 10.2 Å². The highest BCUT2D eigenvalue weighted by atomic mass is 79.9. The van der Waals surface area contributed by atoms with Gasteiger partial charge in [0, 0.05) is 10.0 Å². The quantitative estimate of drug-likeness (QED) is 0.183. The van der Waals surface area contributed by atoms with Crippen LogP contribution in [0.4, 0.5) is 0 Å². The fourth-order valence-corrected chi connectivity index (χ4v) is 4.08. The van der Waals surface area contributed by atoms with Gasteiger partial charge in [-0.05, 0) is 59.3 Å². The largest absolute Gasteiger partial charge is 0.482 e. The zero-order chi connectivity index (χ0) is 23.8. The zero-order valence-electron chi connectivity index (χ0n) is 17.3. The number of amides is 1. The fourth-order valence-electron chi connectivity index (χ4n) is 2.74. The number of hydrazone groups is 1. The number of benzene rings is 3. The average molecular weight is 571 g/mol. The first-order valence-corrected chi connectivity index (χ1v) is 11.2. The Bertz CT molecular complexity index is 1270. The van der Waals surface area contributed by atoms with Gasteiger partial charge in [0.25, 0.3) is 5.91 Å². The second kappa shape index (κ2) is 11.4. The van der Waals surface area contributed by atoms with E-state index in [4.69, 9.17) is 14.7 Å². The molecule has 9 heteroatoms. The Hall–Kier alpha value is -3.48. The molecule has 0 aliphatic rings. The summed E-state index contributed by atoms with van der Waals surface area (Å²) in [6.07, 6.45) is 1.36. The van der Waals surface area contributed by atoms with Crippen LogP contribution in [0.3, 0.4) is 0 Å². The maximum absolute atomic E-state index is 12.6. The molecule has 0 aliphatic heterocycles. The van der Waals surface area contributed by atoms with Gasteiger partial charge in [-0.15, -0.1) is 0 Å². The molecule has 0 saturated carbocycles. The van der Waals surface area contributed by atoms with E-state index < -0.39 is 11.9 Å². The van der Waals surface area contributed by atoms with Gasteiger partial charge in [0.1, 0.15) is 11.8 Å². The van der Waals surface area contributed by atoms with Crippen LogP contribution in [0.2, 0.25) is 0 Å². The highest BCUT2D eigenvalue weighted by Crippen LogP contribution is 2.32. The highest BCUT2D eigenvalue weighted by molar-refractivity contribution is 9.11. The van der Waals surface area contributed by atoms with Crippen molar-refractivity contribution in [2.45, 2.75) is 6.92 Å². The second-order valence-electron chi connectivity index (χ2n) is 6.75. The summed E-state index contributed by atoms with van der Waals surface area (Å²) in [4.78, 5) is 24.7. The Morgan fingerprint density at radius 3 is 2.67 bits per heavy atom. The van der Waals surface area contributed by atoms with Crippen LogP contribution in [0, 0.1) is 18.3 Å². The minimum Gasteiger partial charge on any atom is -0.482 e. The number of nitrogens with zero attached hydrogens (tertiary/aromatic N) is 2. The monoisotopic (exact) mass is 569 g/mol. The van der Waals surface area contributed by atoms with Crippen molar-refractivity contribution in [3.8, 4) is 17.6 Å². The molecule has 0 aliphatic carbocycles. The van der Waals surface area contributed by atoms with E-state index in [2.05, 4.69) is 42.4 Å². The molecule has 3 aromatic rings. The third-order valence-corrected chi connectivity index (χ3v) is 5.29. The first-order chi connectivity index (χ1) is 15.9. The second-order valence-corrected chi connectivity index (χ2v) is 8.52. The van der Waals surface area contributed by atoms with Crippen molar-refractivity contribution in [2.75, 3.05) is 6.61 Å². The van der Waals surface area contributed by atoms with E-state index >= 15 is 0 Å². The van der Waals surface area contributed by atoms with Crippen molar-refractivity contribution in [1.82, 2.24) is 5.43 Å². The van der Waals surface area contributed by atoms with Gasteiger partial charge >= 0.3 is 5.97 Å². The summed E-state index contributed by atoms with van der Waals surface area (Å²) < 4.78 is 12.2. The van der Waals surface area contributed by atoms with Crippen molar-refractivity contribution in [1.29, 1.82) is 5.26 Å². The van der Waals surface area contributed by atoms with E-state index in [-0.39, 0.29) is 12.4 Å². The van der Waals surface area contributed by atoms with Crippen molar-refractivity contribution in [2.24, 2.45) is 5.10 Å². The molecule has 0 atom stereocenters. The molecule has 1 N–H and O–H groups in total. The van der Waals surface area contributed by atoms with Crippen LogP contribution < -0.4 is 14.9 Å². The number of aryl methyl sites for hydroxylation is 1. The first kappa shape index (κ1) is 24.2. The van der Waals surface area contributed by atoms with E-state index in [0.29, 0.717) is 31.4 Å². The number of halogens is 2. The van der Waals surface area contributed by atoms with Crippen LogP contribution in [0.25, 0.3) is 0 Å². The SMILES string of the molecule is Cc1cccc(C(=O)Oc2c(Br)cc(Br)cc2/C=N\NC(=O)COc2ccccc2C#N)c1. The third-order valence-electron chi connectivity index (χ3n) is 4.24. The van der Waals surface area contributed by atoms with E-state index in [1.807, 2.05) is 19.1 Å². The Balaban J connectivity index is 1.69. The number of nitrogens with one attached hydrogen (secondary N) is 1. The molecule has 0 aromatic heterocycles. The lowest BCUT2D eigenvalue weighted by atomic mass is 10.1. The van der Waals surface area contributed by atoms with Gasteiger partial charge in [-0.1, -0.05) is 45.8 Å². The number of hydrogen-bond donors (Lipinski definition) is 1. The third kappa shape index (κ3) is 6.75. The number of ether oxygens (including phenoxy) is 2. The smallest absolute Gasteiger partial charge is 0.343 e. The summed E-state index contributed by atoms with van der Waals surface area (Å²) in [6.45, 7) is 1.56. The lowest BCUT2D eigenvalue weighted by Gasteiger charge is -2.11. The van der Waals surface area contributed by atoms with E-state index in [0.717, 1.165) is 5.56 Å². The zero-order valence-corrected chi connectivity index (χ0v) is 20.5. The summed E-state index contributed by atoms with van der Waals surface area (Å²) in [7, 11) is 0. The topological polar surface area (TPSA) is 101 Å². The number of carbonyl (C=O) groups is 2. The number of hydrogen-bond acceptors (Lipinski definition) is 6. The molecule has 166 valence electrons. The molecule has 0 bridgehead atoms. The highest BCUT2D eigenvalue weighted by Gasteiger charge is 2.15. The Kier molecular flexibility index (Phi) is 8.35. The van der Waals surface area contributed by atoms with Crippen LogP contribution in [-0.2, 0) is 4.79 Å². The number of nitriles is 1. The minimum absolute atomic E-state index is 0.252. The normalized spacial score (nSPS) is 10.5. The molecular formula is C24H17Br2N3O4.